The van der Waals surface area contributed by atoms with Crippen molar-refractivity contribution in [3.8, 4) is 0 Å². The third-order valence-electron chi connectivity index (χ3n) is 2.70. The molecule has 0 spiro atoms. The monoisotopic (exact) mass is 624 g/mol. The second-order valence-corrected chi connectivity index (χ2v) is 5.56. The quantitative estimate of drug-likeness (QED) is 0.0786. The van der Waals surface area contributed by atoms with Crippen molar-refractivity contribution in [3.05, 3.63) is 25.3 Å². The number of carbonyl (C=O) groups excluding carboxylic acids is 3. The molecule has 42 heavy (non-hydrogen) atoms. The fraction of sp³-hybridized carbons (Fsp3) is 0.583. The molecule has 0 rings (SSSR count). The highest BCUT2D eigenvalue weighted by Gasteiger charge is 2.01. The molecule has 0 amide bonds. The van der Waals surface area contributed by atoms with Gasteiger partial charge < -0.3 is 59.8 Å². The van der Waals surface area contributed by atoms with E-state index in [9.17, 15) is 28.8 Å². The lowest BCUT2D eigenvalue weighted by molar-refractivity contribution is -0.145. The van der Waals surface area contributed by atoms with E-state index < -0.39 is 29.8 Å². The molecule has 0 aliphatic rings. The van der Waals surface area contributed by atoms with Gasteiger partial charge >= 0.3 is 35.8 Å². The predicted molar refractivity (Wildman–Crippen MR) is 147 cm³/mol. The molecule has 0 heterocycles. The highest BCUT2D eigenvalue weighted by Crippen LogP contribution is 1.87. The second kappa shape index (κ2) is 57.1. The number of carboxylic acids is 3. The number of aliphatic hydroxyl groups is 3. The van der Waals surface area contributed by atoms with E-state index in [1.165, 1.54) is 21.3 Å². The van der Waals surface area contributed by atoms with Gasteiger partial charge in [0.1, 0.15) is 6.61 Å². The van der Waals surface area contributed by atoms with Crippen molar-refractivity contribution < 1.29 is 88.6 Å². The van der Waals surface area contributed by atoms with Gasteiger partial charge in [0.15, 0.2) is 0 Å². The van der Waals surface area contributed by atoms with Crippen LogP contribution >= 0.6 is 0 Å². The lowest BCUT2D eigenvalue weighted by Gasteiger charge is -1.99. The average Bonchev–Trinajstić information content (AvgIpc) is 2.97. The minimum Gasteiger partial charge on any atom is -0.481 e. The molecule has 252 valence electrons. The zero-order valence-electron chi connectivity index (χ0n) is 24.9. The van der Waals surface area contributed by atoms with Crippen molar-refractivity contribution in [1.29, 1.82) is 0 Å². The standard InChI is InChI=1S/C7H10O4.C5H10O3.C4H8O3.C3H6O3.C3H4O2.2CH4O.H2O/c1-3-6(8)11-5-4-7(9)10-2;1-7-4-3-5(6)8-2;1-7-3-2-4(5)6;4-2-1-3(5)6;1-2-3(4)5;2*1-2;/h3H,1,4-5H2,2H3;3-4H2,1-2H3;2-3H2,1H3,(H,5,6);4H,1-2H2,(H,5,6);2H,1H2,(H,4,5);2*2H,1H3;1H2. The molecule has 0 aromatic heterocycles. The van der Waals surface area contributed by atoms with E-state index in [-0.39, 0.29) is 43.9 Å². The van der Waals surface area contributed by atoms with Crippen LogP contribution in [-0.2, 0) is 52.5 Å². The Morgan fingerprint density at radius 3 is 1.14 bits per heavy atom. The van der Waals surface area contributed by atoms with E-state index in [2.05, 4.69) is 36.8 Å². The fourth-order valence-electron chi connectivity index (χ4n) is 0.968. The molecule has 0 saturated heterocycles. The number of ether oxygens (including phenoxy) is 5. The number of esters is 3. The van der Waals surface area contributed by atoms with E-state index in [4.69, 9.17) is 30.6 Å². The van der Waals surface area contributed by atoms with Gasteiger partial charge in [-0.2, -0.15) is 0 Å². The average molecular weight is 625 g/mol. The van der Waals surface area contributed by atoms with Crippen LogP contribution in [-0.4, -0.2) is 141 Å². The zero-order chi connectivity index (χ0) is 34.1. The van der Waals surface area contributed by atoms with Gasteiger partial charge in [-0.25, -0.2) is 9.59 Å². The van der Waals surface area contributed by atoms with Crippen molar-refractivity contribution in [2.75, 3.05) is 69.1 Å². The fourth-order valence-corrected chi connectivity index (χ4v) is 0.968. The highest BCUT2D eigenvalue weighted by atomic mass is 16.5. The van der Waals surface area contributed by atoms with Gasteiger partial charge in [-0.3, -0.25) is 19.2 Å². The molecule has 0 aliphatic carbocycles. The number of hydrogen-bond donors (Lipinski definition) is 6. The van der Waals surface area contributed by atoms with Gasteiger partial charge in [0.25, 0.3) is 0 Å². The molecule has 0 aromatic rings. The Balaban J connectivity index is -0.0000000565. The number of aliphatic hydroxyl groups excluding tert-OH is 3. The number of aliphatic carboxylic acids is 3. The summed E-state index contributed by atoms with van der Waals surface area (Å²) in [5.74, 6) is -3.92. The first-order chi connectivity index (χ1) is 19.3. The number of carbonyl (C=O) groups is 6. The summed E-state index contributed by atoms with van der Waals surface area (Å²) in [5, 5.41) is 45.2. The van der Waals surface area contributed by atoms with Gasteiger partial charge in [0.2, 0.25) is 0 Å². The largest absolute Gasteiger partial charge is 0.481 e. The summed E-state index contributed by atoms with van der Waals surface area (Å²) in [6.45, 7) is 6.66. The van der Waals surface area contributed by atoms with E-state index in [0.717, 1.165) is 26.4 Å². The van der Waals surface area contributed by atoms with Crippen LogP contribution in [0.5, 0.6) is 0 Å². The number of carboxylic acid groups (broad SMARTS) is 3. The van der Waals surface area contributed by atoms with Crippen molar-refractivity contribution in [1.82, 2.24) is 0 Å². The minimum absolute atomic E-state index is 0. The molecule has 0 aromatic carbocycles. The Bertz CT molecular complexity index is 649. The van der Waals surface area contributed by atoms with E-state index in [1.807, 2.05) is 0 Å². The molecule has 0 radical (unpaired) electrons. The van der Waals surface area contributed by atoms with Crippen LogP contribution in [0.2, 0.25) is 0 Å². The maximum absolute atomic E-state index is 10.4. The van der Waals surface area contributed by atoms with Crippen LogP contribution < -0.4 is 0 Å². The second-order valence-electron chi connectivity index (χ2n) is 5.56. The summed E-state index contributed by atoms with van der Waals surface area (Å²) in [6, 6.07) is 0. The summed E-state index contributed by atoms with van der Waals surface area (Å²) < 4.78 is 22.2. The molecule has 0 saturated carbocycles. The molecule has 0 fully saturated rings. The Kier molecular flexibility index (Phi) is 78.6. The molecule has 18 nitrogen and oxygen atoms in total. The molecule has 8 N–H and O–H groups in total. The number of methoxy groups -OCH3 is 4. The van der Waals surface area contributed by atoms with Crippen molar-refractivity contribution >= 4 is 35.8 Å². The van der Waals surface area contributed by atoms with E-state index in [0.29, 0.717) is 19.6 Å². The van der Waals surface area contributed by atoms with Crippen LogP contribution in [0, 0.1) is 0 Å². The van der Waals surface area contributed by atoms with Gasteiger partial charge in [-0.15, -0.1) is 0 Å². The smallest absolute Gasteiger partial charge is 0.330 e. The van der Waals surface area contributed by atoms with E-state index >= 15 is 0 Å². The third kappa shape index (κ3) is 99.9. The maximum atomic E-state index is 10.4. The molecular formula is C24H48O18. The van der Waals surface area contributed by atoms with Crippen LogP contribution in [0.15, 0.2) is 25.3 Å². The topological polar surface area (TPSA) is 301 Å². The highest BCUT2D eigenvalue weighted by molar-refractivity contribution is 5.81. The molecular weight excluding hydrogens is 576 g/mol. The Morgan fingerprint density at radius 2 is 0.952 bits per heavy atom. The zero-order valence-corrected chi connectivity index (χ0v) is 24.9. The predicted octanol–water partition coefficient (Wildman–Crippen LogP) is -1.32. The summed E-state index contributed by atoms with van der Waals surface area (Å²) >= 11 is 0. The van der Waals surface area contributed by atoms with Gasteiger partial charge in [-0.05, 0) is 0 Å². The molecule has 0 atom stereocenters. The van der Waals surface area contributed by atoms with Crippen LogP contribution in [0.3, 0.4) is 0 Å². The first kappa shape index (κ1) is 57.8. The number of hydrogen-bond acceptors (Lipinski definition) is 14. The minimum atomic E-state index is -0.981. The lowest BCUT2D eigenvalue weighted by Crippen LogP contribution is -2.08. The Labute approximate surface area is 245 Å². The van der Waals surface area contributed by atoms with E-state index in [1.54, 1.807) is 7.11 Å². The molecule has 0 bridgehead atoms. The van der Waals surface area contributed by atoms with Crippen LogP contribution in [0.1, 0.15) is 25.7 Å². The Hall–Kier alpha value is -3.94. The van der Waals surface area contributed by atoms with Gasteiger partial charge in [0.05, 0.1) is 59.7 Å². The molecule has 0 unspecified atom stereocenters. The maximum Gasteiger partial charge on any atom is 0.330 e. The van der Waals surface area contributed by atoms with Gasteiger partial charge in [0, 0.05) is 40.6 Å². The number of rotatable bonds is 13. The summed E-state index contributed by atoms with van der Waals surface area (Å²) in [6.07, 6.45) is 2.23. The molecule has 0 aliphatic heterocycles. The summed E-state index contributed by atoms with van der Waals surface area (Å²) in [7, 11) is 7.65. The SMILES string of the molecule is C=CC(=O)O.C=CC(=O)OCCC(=O)OC.CO.CO.COCCC(=O)O.COCCC(=O)OC.O.O=C(O)CCO. The van der Waals surface area contributed by atoms with Crippen molar-refractivity contribution in [2.24, 2.45) is 0 Å². The summed E-state index contributed by atoms with van der Waals surface area (Å²) in [5.41, 5.74) is 0. The summed E-state index contributed by atoms with van der Waals surface area (Å²) in [4.78, 5) is 59.5. The van der Waals surface area contributed by atoms with Crippen LogP contribution in [0.25, 0.3) is 0 Å². The van der Waals surface area contributed by atoms with Gasteiger partial charge in [-0.1, -0.05) is 13.2 Å². The lowest BCUT2D eigenvalue weighted by atomic mass is 10.5. The first-order valence-corrected chi connectivity index (χ1v) is 11.0. The van der Waals surface area contributed by atoms with Crippen molar-refractivity contribution in [2.45, 2.75) is 25.7 Å². The van der Waals surface area contributed by atoms with Crippen LogP contribution in [0.4, 0.5) is 0 Å². The van der Waals surface area contributed by atoms with Crippen molar-refractivity contribution in [3.63, 3.8) is 0 Å². The Morgan fingerprint density at radius 1 is 0.619 bits per heavy atom. The third-order valence-corrected chi connectivity index (χ3v) is 2.70. The first-order valence-electron chi connectivity index (χ1n) is 11.0. The molecule has 18 heteroatoms. The normalized spacial score (nSPS) is 7.55.